The van der Waals surface area contributed by atoms with Crippen LogP contribution in [0.5, 0.6) is 0 Å². The summed E-state index contributed by atoms with van der Waals surface area (Å²) in [5.74, 6) is -0.642. The minimum absolute atomic E-state index is 0.0117. The quantitative estimate of drug-likeness (QED) is 0.473. The van der Waals surface area contributed by atoms with E-state index in [1.165, 1.54) is 31.4 Å². The molecule has 2 aromatic carbocycles. The Labute approximate surface area is 155 Å². The molecule has 0 bridgehead atoms. The molecule has 0 spiro atoms. The molecule has 2 aromatic rings. The Morgan fingerprint density at radius 1 is 1.16 bits per heavy atom. The van der Waals surface area contributed by atoms with Gasteiger partial charge in [-0.2, -0.15) is 13.5 Å². The zero-order valence-corrected chi connectivity index (χ0v) is 15.6. The Bertz CT molecular complexity index is 926. The summed E-state index contributed by atoms with van der Waals surface area (Å²) in [6, 6.07) is 9.12. The molecule has 0 aromatic heterocycles. The normalized spacial score (nSPS) is 11.5. The van der Waals surface area contributed by atoms with Crippen molar-refractivity contribution < 1.29 is 17.9 Å². The molecule has 0 saturated carbocycles. The van der Waals surface area contributed by atoms with E-state index >= 15 is 0 Å². The van der Waals surface area contributed by atoms with Gasteiger partial charge in [0.2, 0.25) is 0 Å². The number of aryl methyl sites for hydroxylation is 1. The van der Waals surface area contributed by atoms with Crippen LogP contribution in [-0.4, -0.2) is 27.7 Å². The summed E-state index contributed by atoms with van der Waals surface area (Å²) in [6.07, 6.45) is 1.13. The van der Waals surface area contributed by atoms with E-state index in [0.29, 0.717) is 0 Å². The number of benzene rings is 2. The smallest absolute Gasteiger partial charge is 0.339 e. The highest BCUT2D eigenvalue weighted by Crippen LogP contribution is 2.27. The first-order valence-corrected chi connectivity index (χ1v) is 9.18. The van der Waals surface area contributed by atoms with E-state index in [1.54, 1.807) is 12.1 Å². The number of halogens is 2. The molecule has 6 nitrogen and oxygen atoms in total. The molecule has 9 heteroatoms. The number of carbonyl (C=O) groups is 1. The average molecular weight is 401 g/mol. The summed E-state index contributed by atoms with van der Waals surface area (Å²) >= 11 is 12.1. The molecule has 2 rings (SSSR count). The number of hydrogen-bond acceptors (Lipinski definition) is 5. The SMILES string of the molecule is COC(=O)c1ccc(Cl)c(C=NNS(=O)(=O)c2ccc(C)cc2)c1Cl. The fourth-order valence-electron chi connectivity index (χ4n) is 1.89. The minimum atomic E-state index is -3.83. The molecule has 0 aliphatic rings. The number of ether oxygens (including phenoxy) is 1. The topological polar surface area (TPSA) is 84.8 Å². The molecule has 132 valence electrons. The zero-order valence-electron chi connectivity index (χ0n) is 13.3. The van der Waals surface area contributed by atoms with Gasteiger partial charge < -0.3 is 4.74 Å². The first kappa shape index (κ1) is 19.2. The van der Waals surface area contributed by atoms with Gasteiger partial charge in [0.1, 0.15) is 0 Å². The third kappa shape index (κ3) is 4.50. The van der Waals surface area contributed by atoms with Crippen LogP contribution in [0.3, 0.4) is 0 Å². The van der Waals surface area contributed by atoms with Gasteiger partial charge in [-0.15, -0.1) is 0 Å². The molecule has 0 radical (unpaired) electrons. The van der Waals surface area contributed by atoms with Crippen LogP contribution in [0.15, 0.2) is 46.4 Å². The van der Waals surface area contributed by atoms with Crippen LogP contribution in [0.4, 0.5) is 0 Å². The van der Waals surface area contributed by atoms with Crippen molar-refractivity contribution in [1.29, 1.82) is 0 Å². The highest BCUT2D eigenvalue weighted by Gasteiger charge is 2.16. The van der Waals surface area contributed by atoms with Crippen molar-refractivity contribution >= 4 is 45.4 Å². The predicted octanol–water partition coefficient (Wildman–Crippen LogP) is 3.40. The molecule has 0 atom stereocenters. The van der Waals surface area contributed by atoms with E-state index in [-0.39, 0.29) is 26.1 Å². The molecule has 0 fully saturated rings. The van der Waals surface area contributed by atoms with Crippen LogP contribution >= 0.6 is 23.2 Å². The van der Waals surface area contributed by atoms with Crippen molar-refractivity contribution in [2.75, 3.05) is 7.11 Å². The molecule has 0 saturated heterocycles. The van der Waals surface area contributed by atoms with Gasteiger partial charge in [-0.05, 0) is 31.2 Å². The zero-order chi connectivity index (χ0) is 18.6. The van der Waals surface area contributed by atoms with E-state index in [2.05, 4.69) is 14.7 Å². The summed E-state index contributed by atoms with van der Waals surface area (Å²) in [5, 5.41) is 3.89. The highest BCUT2D eigenvalue weighted by atomic mass is 35.5. The van der Waals surface area contributed by atoms with Gasteiger partial charge in [-0.1, -0.05) is 40.9 Å². The van der Waals surface area contributed by atoms with Crippen LogP contribution in [0.25, 0.3) is 0 Å². The lowest BCUT2D eigenvalue weighted by Gasteiger charge is -2.07. The summed E-state index contributed by atoms with van der Waals surface area (Å²) in [5.41, 5.74) is 1.22. The largest absolute Gasteiger partial charge is 0.465 e. The standard InChI is InChI=1S/C16H14Cl2N2O4S/c1-10-3-5-11(6-4-10)25(22,23)20-19-9-13-14(17)8-7-12(15(13)18)16(21)24-2/h3-9,20H,1-2H3. The molecule has 0 unspecified atom stereocenters. The third-order valence-electron chi connectivity index (χ3n) is 3.23. The fourth-order valence-corrected chi connectivity index (χ4v) is 3.22. The number of nitrogens with zero attached hydrogens (tertiary/aromatic N) is 1. The molecule has 25 heavy (non-hydrogen) atoms. The highest BCUT2D eigenvalue weighted by molar-refractivity contribution is 7.89. The van der Waals surface area contributed by atoms with Crippen LogP contribution < -0.4 is 4.83 Å². The van der Waals surface area contributed by atoms with E-state index < -0.39 is 16.0 Å². The first-order valence-electron chi connectivity index (χ1n) is 6.94. The second-order valence-electron chi connectivity index (χ2n) is 4.98. The molecule has 0 aliphatic carbocycles. The average Bonchev–Trinajstić information content (AvgIpc) is 2.57. The summed E-state index contributed by atoms with van der Waals surface area (Å²) < 4.78 is 28.9. The number of hydrazone groups is 1. The van der Waals surface area contributed by atoms with Crippen LogP contribution in [0.2, 0.25) is 10.0 Å². The number of methoxy groups -OCH3 is 1. The molecule has 0 aliphatic heterocycles. The number of hydrogen-bond donors (Lipinski definition) is 1. The van der Waals surface area contributed by atoms with Crippen molar-refractivity contribution in [2.45, 2.75) is 11.8 Å². The van der Waals surface area contributed by atoms with Crippen molar-refractivity contribution in [1.82, 2.24) is 4.83 Å². The van der Waals surface area contributed by atoms with Crippen LogP contribution in [0, 0.1) is 6.92 Å². The maximum atomic E-state index is 12.2. The van der Waals surface area contributed by atoms with E-state index in [0.717, 1.165) is 11.8 Å². The number of nitrogens with one attached hydrogen (secondary N) is 1. The summed E-state index contributed by atoms with van der Waals surface area (Å²) in [6.45, 7) is 1.85. The lowest BCUT2D eigenvalue weighted by Crippen LogP contribution is -2.18. The third-order valence-corrected chi connectivity index (χ3v) is 5.21. The summed E-state index contributed by atoms with van der Waals surface area (Å²) in [7, 11) is -2.61. The van der Waals surface area contributed by atoms with Gasteiger partial charge in [0, 0.05) is 5.56 Å². The molecule has 0 amide bonds. The fraction of sp³-hybridized carbons (Fsp3) is 0.125. The minimum Gasteiger partial charge on any atom is -0.465 e. The van der Waals surface area contributed by atoms with E-state index in [9.17, 15) is 13.2 Å². The Morgan fingerprint density at radius 2 is 1.80 bits per heavy atom. The van der Waals surface area contributed by atoms with E-state index in [4.69, 9.17) is 23.2 Å². The molecule has 1 N–H and O–H groups in total. The van der Waals surface area contributed by atoms with Gasteiger partial charge in [0.05, 0.1) is 33.8 Å². The number of esters is 1. The van der Waals surface area contributed by atoms with Crippen molar-refractivity contribution in [3.63, 3.8) is 0 Å². The lowest BCUT2D eigenvalue weighted by molar-refractivity contribution is 0.0601. The van der Waals surface area contributed by atoms with Gasteiger partial charge in [0.25, 0.3) is 10.0 Å². The Morgan fingerprint density at radius 3 is 2.40 bits per heavy atom. The Kier molecular flexibility index (Phi) is 6.05. The Hall–Kier alpha value is -2.09. The lowest BCUT2D eigenvalue weighted by atomic mass is 10.1. The number of carbonyl (C=O) groups excluding carboxylic acids is 1. The van der Waals surface area contributed by atoms with Gasteiger partial charge in [0.15, 0.2) is 0 Å². The summed E-state index contributed by atoms with van der Waals surface area (Å²) in [4.78, 5) is 13.8. The molecular weight excluding hydrogens is 387 g/mol. The van der Waals surface area contributed by atoms with Crippen LogP contribution in [0.1, 0.15) is 21.5 Å². The second kappa shape index (κ2) is 7.86. The van der Waals surface area contributed by atoms with Gasteiger partial charge >= 0.3 is 5.97 Å². The number of rotatable bonds is 5. The van der Waals surface area contributed by atoms with Crippen molar-refractivity contribution in [3.8, 4) is 0 Å². The van der Waals surface area contributed by atoms with Crippen molar-refractivity contribution in [2.24, 2.45) is 5.10 Å². The van der Waals surface area contributed by atoms with Crippen molar-refractivity contribution in [3.05, 3.63) is 63.1 Å². The number of sulfonamides is 1. The van der Waals surface area contributed by atoms with Gasteiger partial charge in [-0.25, -0.2) is 9.63 Å². The van der Waals surface area contributed by atoms with Gasteiger partial charge in [-0.3, -0.25) is 0 Å². The first-order chi connectivity index (χ1) is 11.8. The Balaban J connectivity index is 2.27. The van der Waals surface area contributed by atoms with Crippen LogP contribution in [-0.2, 0) is 14.8 Å². The molecular formula is C16H14Cl2N2O4S. The van der Waals surface area contributed by atoms with E-state index in [1.807, 2.05) is 6.92 Å². The maximum Gasteiger partial charge on any atom is 0.339 e. The molecule has 0 heterocycles. The maximum absolute atomic E-state index is 12.2. The second-order valence-corrected chi connectivity index (χ2v) is 7.43. The monoisotopic (exact) mass is 400 g/mol. The predicted molar refractivity (Wildman–Crippen MR) is 96.9 cm³/mol.